The zero-order valence-electron chi connectivity index (χ0n) is 3.26. The predicted molar refractivity (Wildman–Crippen MR) is 26.9 cm³/mol. The molecule has 3 nitrogen and oxygen atoms in total. The second-order valence-corrected chi connectivity index (χ2v) is 1.82. The molecular weight excluding hydrogens is 160 g/mol. The second kappa shape index (κ2) is 1.54. The number of carbonyl (C=O) groups is 1. The molecule has 36 valence electrons. The van der Waals surface area contributed by atoms with E-state index in [-0.39, 0.29) is 5.91 Å². The van der Waals surface area contributed by atoms with Crippen molar-refractivity contribution < 1.29 is 4.79 Å². The SMILES string of the molecule is O=C1C=C(Br)N=N1. The molecule has 0 saturated heterocycles. The molecule has 1 amide bonds. The number of amides is 1. The topological polar surface area (TPSA) is 41.8 Å². The molecule has 4 heteroatoms. The Balaban J connectivity index is 2.88. The first-order valence-corrected chi connectivity index (χ1v) is 2.41. The number of nitrogens with zero attached hydrogens (tertiary/aromatic N) is 2. The smallest absolute Gasteiger partial charge is 0.266 e. The van der Waals surface area contributed by atoms with Crippen molar-refractivity contribution in [1.82, 2.24) is 0 Å². The van der Waals surface area contributed by atoms with Crippen LogP contribution in [0.25, 0.3) is 0 Å². The van der Waals surface area contributed by atoms with E-state index < -0.39 is 0 Å². The summed E-state index contributed by atoms with van der Waals surface area (Å²) >= 11 is 2.96. The van der Waals surface area contributed by atoms with Crippen molar-refractivity contribution >= 4 is 21.8 Å². The van der Waals surface area contributed by atoms with E-state index in [1.807, 2.05) is 0 Å². The van der Waals surface area contributed by atoms with Gasteiger partial charge in [0.2, 0.25) is 0 Å². The summed E-state index contributed by atoms with van der Waals surface area (Å²) < 4.78 is 0.498. The lowest BCUT2D eigenvalue weighted by Gasteiger charge is -1.64. The Morgan fingerprint density at radius 1 is 1.57 bits per heavy atom. The number of rotatable bonds is 0. The lowest BCUT2D eigenvalue weighted by atomic mass is 10.6. The number of hydrogen-bond acceptors (Lipinski definition) is 2. The molecule has 7 heavy (non-hydrogen) atoms. The van der Waals surface area contributed by atoms with Gasteiger partial charge in [0.1, 0.15) is 4.61 Å². The van der Waals surface area contributed by atoms with Crippen molar-refractivity contribution in [3.05, 3.63) is 10.7 Å². The van der Waals surface area contributed by atoms with Crippen molar-refractivity contribution in [2.75, 3.05) is 0 Å². The summed E-state index contributed by atoms with van der Waals surface area (Å²) in [6.07, 6.45) is 1.31. The van der Waals surface area contributed by atoms with E-state index in [9.17, 15) is 4.79 Å². The Hall–Kier alpha value is -0.510. The van der Waals surface area contributed by atoms with Crippen LogP contribution >= 0.6 is 15.9 Å². The van der Waals surface area contributed by atoms with Crippen LogP contribution in [-0.2, 0) is 4.79 Å². The van der Waals surface area contributed by atoms with Gasteiger partial charge in [0, 0.05) is 6.08 Å². The fourth-order valence-corrected chi connectivity index (χ4v) is 0.532. The van der Waals surface area contributed by atoms with Crippen molar-refractivity contribution in [1.29, 1.82) is 0 Å². The number of halogens is 1. The summed E-state index contributed by atoms with van der Waals surface area (Å²) in [6, 6.07) is 0. The van der Waals surface area contributed by atoms with Gasteiger partial charge < -0.3 is 0 Å². The molecule has 0 aromatic heterocycles. The van der Waals surface area contributed by atoms with Gasteiger partial charge in [-0.3, -0.25) is 4.79 Å². The van der Waals surface area contributed by atoms with Gasteiger partial charge in [0.25, 0.3) is 5.91 Å². The molecule has 0 aliphatic carbocycles. The van der Waals surface area contributed by atoms with Crippen molar-refractivity contribution in [3.63, 3.8) is 0 Å². The molecule has 1 aliphatic rings. The minimum atomic E-state index is -0.299. The Bertz CT molecular complexity index is 160. The van der Waals surface area contributed by atoms with Crippen LogP contribution < -0.4 is 0 Å². The third-order valence-corrected chi connectivity index (χ3v) is 0.874. The Labute approximate surface area is 48.2 Å². The van der Waals surface area contributed by atoms with Gasteiger partial charge in [-0.2, -0.15) is 0 Å². The van der Waals surface area contributed by atoms with Crippen LogP contribution in [0.15, 0.2) is 20.9 Å². The lowest BCUT2D eigenvalue weighted by molar-refractivity contribution is -0.113. The maximum absolute atomic E-state index is 10.1. The first-order valence-electron chi connectivity index (χ1n) is 1.62. The average Bonchev–Trinajstić information content (AvgIpc) is 1.87. The quantitative estimate of drug-likeness (QED) is 0.492. The van der Waals surface area contributed by atoms with Crippen LogP contribution in [0.3, 0.4) is 0 Å². The molecule has 0 aromatic carbocycles. The Morgan fingerprint density at radius 3 is 2.43 bits per heavy atom. The van der Waals surface area contributed by atoms with Gasteiger partial charge in [-0.05, 0) is 15.9 Å². The first-order chi connectivity index (χ1) is 3.29. The third-order valence-electron chi connectivity index (χ3n) is 0.487. The van der Waals surface area contributed by atoms with Gasteiger partial charge in [-0.1, -0.05) is 0 Å². The minimum Gasteiger partial charge on any atom is -0.266 e. The molecule has 0 unspecified atom stereocenters. The average molecular weight is 161 g/mol. The van der Waals surface area contributed by atoms with E-state index in [1.165, 1.54) is 6.08 Å². The summed E-state index contributed by atoms with van der Waals surface area (Å²) in [4.78, 5) is 10.1. The molecule has 1 aliphatic heterocycles. The summed E-state index contributed by atoms with van der Waals surface area (Å²) in [5.41, 5.74) is 0. The van der Waals surface area contributed by atoms with Gasteiger partial charge in [-0.15, -0.1) is 10.2 Å². The van der Waals surface area contributed by atoms with E-state index in [0.717, 1.165) is 0 Å². The molecule has 0 fully saturated rings. The van der Waals surface area contributed by atoms with Crippen LogP contribution in [-0.4, -0.2) is 5.91 Å². The molecule has 1 rings (SSSR count). The molecular formula is C3HBrN2O. The number of azo groups is 1. The monoisotopic (exact) mass is 160 g/mol. The summed E-state index contributed by atoms with van der Waals surface area (Å²) in [5, 5.41) is 6.53. The van der Waals surface area contributed by atoms with E-state index in [2.05, 4.69) is 26.2 Å². The van der Waals surface area contributed by atoms with E-state index in [1.54, 1.807) is 0 Å². The Kier molecular flexibility index (Phi) is 1.02. The zero-order chi connectivity index (χ0) is 5.28. The van der Waals surface area contributed by atoms with Crippen LogP contribution in [0, 0.1) is 0 Å². The minimum absolute atomic E-state index is 0.299. The summed E-state index contributed by atoms with van der Waals surface area (Å²) in [5.74, 6) is -0.299. The van der Waals surface area contributed by atoms with Gasteiger partial charge in [-0.25, -0.2) is 0 Å². The van der Waals surface area contributed by atoms with Crippen LogP contribution in [0.5, 0.6) is 0 Å². The largest absolute Gasteiger partial charge is 0.291 e. The normalized spacial score (nSPS) is 17.9. The van der Waals surface area contributed by atoms with Gasteiger partial charge in [0.05, 0.1) is 0 Å². The van der Waals surface area contributed by atoms with E-state index in [4.69, 9.17) is 0 Å². The highest BCUT2D eigenvalue weighted by Gasteiger charge is 2.02. The highest BCUT2D eigenvalue weighted by molar-refractivity contribution is 9.11. The second-order valence-electron chi connectivity index (χ2n) is 1.01. The molecule has 0 radical (unpaired) electrons. The fraction of sp³-hybridized carbons (Fsp3) is 0. The third kappa shape index (κ3) is 0.928. The van der Waals surface area contributed by atoms with Crippen molar-refractivity contribution in [2.24, 2.45) is 10.2 Å². The first kappa shape index (κ1) is 4.64. The van der Waals surface area contributed by atoms with Crippen LogP contribution in [0.4, 0.5) is 0 Å². The van der Waals surface area contributed by atoms with Crippen molar-refractivity contribution in [3.8, 4) is 0 Å². The van der Waals surface area contributed by atoms with Gasteiger partial charge in [0.15, 0.2) is 0 Å². The Morgan fingerprint density at radius 2 is 2.29 bits per heavy atom. The molecule has 0 spiro atoms. The molecule has 1 heterocycles. The van der Waals surface area contributed by atoms with Crippen LogP contribution in [0.1, 0.15) is 0 Å². The number of carbonyl (C=O) groups excluding carboxylic acids is 1. The molecule has 0 N–H and O–H groups in total. The molecule has 0 atom stereocenters. The molecule has 0 aromatic rings. The fourth-order valence-electron chi connectivity index (χ4n) is 0.257. The van der Waals surface area contributed by atoms with E-state index in [0.29, 0.717) is 4.61 Å². The highest BCUT2D eigenvalue weighted by Crippen LogP contribution is 2.12. The summed E-state index contributed by atoms with van der Waals surface area (Å²) in [7, 11) is 0. The predicted octanol–water partition coefficient (Wildman–Crippen LogP) is 1.22. The van der Waals surface area contributed by atoms with E-state index >= 15 is 0 Å². The number of hydrogen-bond donors (Lipinski definition) is 0. The molecule has 0 bridgehead atoms. The molecule has 0 saturated carbocycles. The van der Waals surface area contributed by atoms with Gasteiger partial charge >= 0.3 is 0 Å². The summed E-state index contributed by atoms with van der Waals surface area (Å²) in [6.45, 7) is 0. The lowest BCUT2D eigenvalue weighted by Crippen LogP contribution is -1.75. The van der Waals surface area contributed by atoms with Crippen LogP contribution in [0.2, 0.25) is 0 Å². The maximum Gasteiger partial charge on any atom is 0.291 e. The standard InChI is InChI=1S/C3HBrN2O/c4-2-1-3(7)6-5-2/h1H. The maximum atomic E-state index is 10.1. The zero-order valence-corrected chi connectivity index (χ0v) is 4.84. The van der Waals surface area contributed by atoms with Crippen molar-refractivity contribution in [2.45, 2.75) is 0 Å². The highest BCUT2D eigenvalue weighted by atomic mass is 79.9.